The molecule has 27 heavy (non-hydrogen) atoms. The van der Waals surface area contributed by atoms with Crippen molar-refractivity contribution in [3.8, 4) is 0 Å². The first-order valence-electron chi connectivity index (χ1n) is 9.25. The summed E-state index contributed by atoms with van der Waals surface area (Å²) >= 11 is 0. The molecule has 7 nitrogen and oxygen atoms in total. The number of likely N-dealkylation sites (tertiary alicyclic amines) is 1. The van der Waals surface area contributed by atoms with E-state index in [9.17, 15) is 14.4 Å². The van der Waals surface area contributed by atoms with E-state index in [1.165, 1.54) is 6.92 Å². The Morgan fingerprint density at radius 3 is 2.30 bits per heavy atom. The van der Waals surface area contributed by atoms with Gasteiger partial charge in [-0.25, -0.2) is 0 Å². The van der Waals surface area contributed by atoms with Crippen LogP contribution in [0.15, 0.2) is 24.3 Å². The third-order valence-corrected chi connectivity index (χ3v) is 4.95. The van der Waals surface area contributed by atoms with E-state index in [1.807, 2.05) is 0 Å². The van der Waals surface area contributed by atoms with E-state index in [-0.39, 0.29) is 17.8 Å². The molecule has 1 fully saturated rings. The van der Waals surface area contributed by atoms with Gasteiger partial charge in [0.15, 0.2) is 0 Å². The molecule has 7 heteroatoms. The number of rotatable bonds is 7. The fraction of sp³-hybridized carbons (Fsp3) is 0.550. The number of benzene rings is 1. The van der Waals surface area contributed by atoms with Crippen LogP contribution in [0.4, 0.5) is 5.69 Å². The fourth-order valence-electron chi connectivity index (χ4n) is 3.36. The lowest BCUT2D eigenvalue weighted by molar-refractivity contribution is -0.159. The number of carbonyl (C=O) groups excluding carboxylic acids is 3. The molecule has 0 atom stereocenters. The minimum Gasteiger partial charge on any atom is -0.466 e. The average molecular weight is 376 g/mol. The number of carbonyl (C=O) groups is 3. The zero-order chi connectivity index (χ0) is 19.9. The van der Waals surface area contributed by atoms with Crippen LogP contribution in [0.25, 0.3) is 0 Å². The van der Waals surface area contributed by atoms with Gasteiger partial charge in [0.2, 0.25) is 5.91 Å². The number of nitrogens with one attached hydrogen (secondary N) is 1. The number of esters is 1. The van der Waals surface area contributed by atoms with Crippen LogP contribution in [0.3, 0.4) is 0 Å². The van der Waals surface area contributed by atoms with Crippen molar-refractivity contribution in [2.45, 2.75) is 33.1 Å². The Hall–Kier alpha value is -2.41. The number of anilines is 1. The van der Waals surface area contributed by atoms with Gasteiger partial charge in [0.25, 0.3) is 5.91 Å². The highest BCUT2D eigenvalue weighted by molar-refractivity contribution is 5.95. The van der Waals surface area contributed by atoms with Gasteiger partial charge in [0, 0.05) is 45.0 Å². The highest BCUT2D eigenvalue weighted by Crippen LogP contribution is 2.37. The summed E-state index contributed by atoms with van der Waals surface area (Å²) in [4.78, 5) is 38.1. The zero-order valence-electron chi connectivity index (χ0n) is 16.2. The summed E-state index contributed by atoms with van der Waals surface area (Å²) in [5.41, 5.74) is 0.626. The third-order valence-electron chi connectivity index (χ3n) is 4.95. The first-order chi connectivity index (χ1) is 12.9. The largest absolute Gasteiger partial charge is 0.466 e. The molecule has 1 aliphatic heterocycles. The van der Waals surface area contributed by atoms with Crippen LogP contribution in [0.1, 0.15) is 43.5 Å². The second-order valence-corrected chi connectivity index (χ2v) is 6.79. The van der Waals surface area contributed by atoms with E-state index in [4.69, 9.17) is 9.47 Å². The van der Waals surface area contributed by atoms with Crippen molar-refractivity contribution in [2.24, 2.45) is 5.41 Å². The normalized spacial score (nSPS) is 15.9. The number of hydrogen-bond acceptors (Lipinski definition) is 5. The third kappa shape index (κ3) is 5.29. The van der Waals surface area contributed by atoms with Gasteiger partial charge in [-0.15, -0.1) is 0 Å². The molecule has 148 valence electrons. The maximum atomic E-state index is 12.8. The van der Waals surface area contributed by atoms with Crippen LogP contribution in [0, 0.1) is 5.41 Å². The van der Waals surface area contributed by atoms with Crippen LogP contribution >= 0.6 is 0 Å². The Bertz CT molecular complexity index is 663. The Morgan fingerprint density at radius 1 is 1.15 bits per heavy atom. The molecule has 0 unspecified atom stereocenters. The molecular weight excluding hydrogens is 348 g/mol. The van der Waals surface area contributed by atoms with Crippen molar-refractivity contribution in [1.82, 2.24) is 4.90 Å². The number of piperidine rings is 1. The molecule has 1 heterocycles. The van der Waals surface area contributed by atoms with E-state index >= 15 is 0 Å². The standard InChI is InChI=1S/C20H28N2O5/c1-4-27-19(25)20(11-14-26-3)9-12-22(13-10-20)18(24)16-5-7-17(8-6-16)21-15(2)23/h5-8H,4,9-14H2,1-3H3,(H,21,23). The predicted molar refractivity (Wildman–Crippen MR) is 101 cm³/mol. The van der Waals surface area contributed by atoms with E-state index in [0.717, 1.165) is 0 Å². The molecule has 0 spiro atoms. The molecule has 1 saturated heterocycles. The molecule has 1 N–H and O–H groups in total. The van der Waals surface area contributed by atoms with E-state index < -0.39 is 5.41 Å². The molecule has 1 aromatic carbocycles. The fourth-order valence-corrected chi connectivity index (χ4v) is 3.36. The average Bonchev–Trinajstić information content (AvgIpc) is 2.66. The number of ether oxygens (including phenoxy) is 2. The first-order valence-corrected chi connectivity index (χ1v) is 9.25. The molecular formula is C20H28N2O5. The SMILES string of the molecule is CCOC(=O)C1(CCOC)CCN(C(=O)c2ccc(NC(C)=O)cc2)CC1. The smallest absolute Gasteiger partial charge is 0.312 e. The number of amides is 2. The lowest BCUT2D eigenvalue weighted by Crippen LogP contribution is -2.47. The number of nitrogens with zero attached hydrogens (tertiary/aromatic N) is 1. The molecule has 0 bridgehead atoms. The van der Waals surface area contributed by atoms with Crippen molar-refractivity contribution in [3.05, 3.63) is 29.8 Å². The van der Waals surface area contributed by atoms with Gasteiger partial charge in [-0.05, 0) is 50.5 Å². The Balaban J connectivity index is 2.02. The van der Waals surface area contributed by atoms with Gasteiger partial charge in [-0.3, -0.25) is 14.4 Å². The van der Waals surface area contributed by atoms with Gasteiger partial charge in [-0.2, -0.15) is 0 Å². The predicted octanol–water partition coefficient (Wildman–Crippen LogP) is 2.47. The first kappa shape index (κ1) is 20.9. The van der Waals surface area contributed by atoms with Crippen LogP contribution in [-0.2, 0) is 19.1 Å². The minimum absolute atomic E-state index is 0.0754. The lowest BCUT2D eigenvalue weighted by atomic mass is 9.75. The van der Waals surface area contributed by atoms with E-state index in [0.29, 0.717) is 56.8 Å². The summed E-state index contributed by atoms with van der Waals surface area (Å²) in [6.45, 7) is 5.05. The summed E-state index contributed by atoms with van der Waals surface area (Å²) in [5.74, 6) is -0.432. The highest BCUT2D eigenvalue weighted by Gasteiger charge is 2.43. The molecule has 1 aromatic rings. The Labute approximate surface area is 160 Å². The quantitative estimate of drug-likeness (QED) is 0.739. The van der Waals surface area contributed by atoms with Gasteiger partial charge in [-0.1, -0.05) is 0 Å². The second-order valence-electron chi connectivity index (χ2n) is 6.79. The van der Waals surface area contributed by atoms with Crippen molar-refractivity contribution < 1.29 is 23.9 Å². The van der Waals surface area contributed by atoms with Crippen LogP contribution < -0.4 is 5.32 Å². The summed E-state index contributed by atoms with van der Waals surface area (Å²) in [6, 6.07) is 6.82. The van der Waals surface area contributed by atoms with Crippen molar-refractivity contribution in [2.75, 3.05) is 38.7 Å². The van der Waals surface area contributed by atoms with Crippen molar-refractivity contribution in [1.29, 1.82) is 0 Å². The summed E-state index contributed by atoms with van der Waals surface area (Å²) < 4.78 is 10.4. The highest BCUT2D eigenvalue weighted by atomic mass is 16.5. The van der Waals surface area contributed by atoms with Crippen molar-refractivity contribution in [3.63, 3.8) is 0 Å². The Kier molecular flexibility index (Phi) is 7.36. The lowest BCUT2D eigenvalue weighted by Gasteiger charge is -2.39. The monoisotopic (exact) mass is 376 g/mol. The molecule has 1 aliphatic rings. The topological polar surface area (TPSA) is 84.9 Å². The van der Waals surface area contributed by atoms with Gasteiger partial charge < -0.3 is 19.7 Å². The summed E-state index contributed by atoms with van der Waals surface area (Å²) in [7, 11) is 1.61. The molecule has 2 rings (SSSR count). The zero-order valence-corrected chi connectivity index (χ0v) is 16.2. The molecule has 2 amide bonds. The van der Waals surface area contributed by atoms with Gasteiger partial charge >= 0.3 is 5.97 Å². The van der Waals surface area contributed by atoms with Crippen LogP contribution in [0.5, 0.6) is 0 Å². The van der Waals surface area contributed by atoms with Gasteiger partial charge in [0.1, 0.15) is 0 Å². The Morgan fingerprint density at radius 2 is 1.78 bits per heavy atom. The second kappa shape index (κ2) is 9.50. The summed E-state index contributed by atoms with van der Waals surface area (Å²) in [6.07, 6.45) is 1.71. The molecule has 0 aliphatic carbocycles. The summed E-state index contributed by atoms with van der Waals surface area (Å²) in [5, 5.41) is 2.68. The maximum Gasteiger partial charge on any atom is 0.312 e. The van der Waals surface area contributed by atoms with E-state index in [1.54, 1.807) is 43.2 Å². The number of hydrogen-bond donors (Lipinski definition) is 1. The molecule has 0 aromatic heterocycles. The molecule has 0 saturated carbocycles. The number of methoxy groups -OCH3 is 1. The van der Waals surface area contributed by atoms with Crippen molar-refractivity contribution >= 4 is 23.5 Å². The molecule has 0 radical (unpaired) electrons. The minimum atomic E-state index is -0.585. The maximum absolute atomic E-state index is 12.8. The van der Waals surface area contributed by atoms with E-state index in [2.05, 4.69) is 5.32 Å². The van der Waals surface area contributed by atoms with Crippen LogP contribution in [0.2, 0.25) is 0 Å². The van der Waals surface area contributed by atoms with Crippen LogP contribution in [-0.4, -0.2) is 56.1 Å². The van der Waals surface area contributed by atoms with Gasteiger partial charge in [0.05, 0.1) is 12.0 Å².